The molecule has 1 saturated heterocycles. The van der Waals surface area contributed by atoms with Gasteiger partial charge in [0, 0.05) is 38.7 Å². The fourth-order valence-electron chi connectivity index (χ4n) is 3.18. The molecule has 2 heterocycles. The molecule has 1 amide bonds. The zero-order valence-electron chi connectivity index (χ0n) is 16.6. The Morgan fingerprint density at radius 1 is 1.20 bits per heavy atom. The number of rotatable bonds is 6. The van der Waals surface area contributed by atoms with Gasteiger partial charge in [0.2, 0.25) is 5.75 Å². The molecule has 1 aliphatic rings. The number of ketones is 1. The van der Waals surface area contributed by atoms with Crippen LogP contribution in [0, 0.1) is 22.9 Å². The first-order valence-electron chi connectivity index (χ1n) is 9.34. The number of carbonyl (C=O) groups is 2. The molecule has 2 aromatic rings. The summed E-state index contributed by atoms with van der Waals surface area (Å²) in [4.78, 5) is 41.4. The van der Waals surface area contributed by atoms with Gasteiger partial charge in [0.1, 0.15) is 11.5 Å². The summed E-state index contributed by atoms with van der Waals surface area (Å²) in [5.41, 5.74) is 1.16. The summed E-state index contributed by atoms with van der Waals surface area (Å²) in [5, 5.41) is 11.1. The van der Waals surface area contributed by atoms with Crippen LogP contribution in [0.1, 0.15) is 23.0 Å². The summed E-state index contributed by atoms with van der Waals surface area (Å²) >= 11 is 0. The smallest absolute Gasteiger partial charge is 0.406 e. The number of aryl methyl sites for hydroxylation is 1. The van der Waals surface area contributed by atoms with Gasteiger partial charge in [-0.2, -0.15) is 0 Å². The van der Waals surface area contributed by atoms with Crippen LogP contribution in [0.15, 0.2) is 30.3 Å². The number of hydrogen-bond donors (Lipinski definition) is 0. The lowest BCUT2D eigenvalue weighted by Gasteiger charge is -2.36. The Morgan fingerprint density at radius 2 is 1.90 bits per heavy atom. The maximum atomic E-state index is 14.3. The molecule has 0 bridgehead atoms. The van der Waals surface area contributed by atoms with Crippen LogP contribution >= 0.6 is 0 Å². The fraction of sp³-hybridized carbons (Fsp3) is 0.350. The number of carbonyl (C=O) groups excluding carboxylic acids is 2. The van der Waals surface area contributed by atoms with Crippen molar-refractivity contribution in [2.45, 2.75) is 13.8 Å². The number of ether oxygens (including phenoxy) is 1. The monoisotopic (exact) mass is 416 g/mol. The first-order chi connectivity index (χ1) is 14.3. The van der Waals surface area contributed by atoms with E-state index in [9.17, 15) is 24.1 Å². The maximum absolute atomic E-state index is 14.3. The predicted molar refractivity (Wildman–Crippen MR) is 106 cm³/mol. The van der Waals surface area contributed by atoms with Crippen LogP contribution in [0.2, 0.25) is 0 Å². The molecule has 30 heavy (non-hydrogen) atoms. The topological polar surface area (TPSA) is 106 Å². The number of hydrogen-bond acceptors (Lipinski definition) is 7. The summed E-state index contributed by atoms with van der Waals surface area (Å²) in [7, 11) is 0. The molecule has 0 radical (unpaired) electrons. The summed E-state index contributed by atoms with van der Waals surface area (Å²) in [5.74, 6) is -1.51. The SMILES string of the molecule is CC(=O)c1ccc(N2CCN(C(=O)COc3ccc(C)nc3[N+](=O)[O-])CC2)c(F)c1. The molecular formula is C20H21FN4O5. The molecule has 158 valence electrons. The molecule has 3 rings (SSSR count). The molecule has 1 aromatic heterocycles. The van der Waals surface area contributed by atoms with Crippen LogP contribution in [0.5, 0.6) is 5.75 Å². The Kier molecular flexibility index (Phi) is 6.24. The van der Waals surface area contributed by atoms with E-state index in [1.54, 1.807) is 34.9 Å². The van der Waals surface area contributed by atoms with Crippen LogP contribution in [0.3, 0.4) is 0 Å². The Hall–Kier alpha value is -3.56. The summed E-state index contributed by atoms with van der Waals surface area (Å²) in [6.45, 7) is 4.17. The van der Waals surface area contributed by atoms with Crippen molar-refractivity contribution in [1.82, 2.24) is 9.88 Å². The van der Waals surface area contributed by atoms with E-state index in [2.05, 4.69) is 4.98 Å². The van der Waals surface area contributed by atoms with Crippen molar-refractivity contribution in [3.8, 4) is 5.75 Å². The second-order valence-electron chi connectivity index (χ2n) is 6.91. The molecule has 9 nitrogen and oxygen atoms in total. The zero-order valence-corrected chi connectivity index (χ0v) is 16.6. The van der Waals surface area contributed by atoms with Gasteiger partial charge >= 0.3 is 5.82 Å². The molecule has 0 saturated carbocycles. The molecule has 0 spiro atoms. The quantitative estimate of drug-likeness (QED) is 0.404. The van der Waals surface area contributed by atoms with Crippen molar-refractivity contribution in [3.05, 3.63) is 57.5 Å². The van der Waals surface area contributed by atoms with Gasteiger partial charge in [-0.15, -0.1) is 0 Å². The van der Waals surface area contributed by atoms with E-state index in [1.165, 1.54) is 19.1 Å². The van der Waals surface area contributed by atoms with Crippen molar-refractivity contribution < 1.29 is 23.6 Å². The number of piperazine rings is 1. The van der Waals surface area contributed by atoms with Gasteiger partial charge in [-0.25, -0.2) is 4.39 Å². The number of anilines is 1. The number of halogens is 1. The predicted octanol–water partition coefficient (Wildman–Crippen LogP) is 2.37. The Balaban J connectivity index is 1.57. The highest BCUT2D eigenvalue weighted by Gasteiger charge is 2.25. The van der Waals surface area contributed by atoms with Crippen molar-refractivity contribution in [2.24, 2.45) is 0 Å². The number of Topliss-reactive ketones (excluding diaryl/α,β-unsaturated/α-hetero) is 1. The minimum atomic E-state index is -0.655. The van der Waals surface area contributed by atoms with E-state index in [0.717, 1.165) is 0 Å². The van der Waals surface area contributed by atoms with Crippen LogP contribution < -0.4 is 9.64 Å². The Morgan fingerprint density at radius 3 is 2.50 bits per heavy atom. The van der Waals surface area contributed by atoms with E-state index in [-0.39, 0.29) is 24.0 Å². The zero-order chi connectivity index (χ0) is 21.8. The third kappa shape index (κ3) is 4.70. The number of nitro groups is 1. The van der Waals surface area contributed by atoms with Gasteiger partial charge in [0.15, 0.2) is 12.4 Å². The number of nitrogens with zero attached hydrogens (tertiary/aromatic N) is 4. The van der Waals surface area contributed by atoms with E-state index >= 15 is 0 Å². The van der Waals surface area contributed by atoms with Crippen LogP contribution in [0.25, 0.3) is 0 Å². The van der Waals surface area contributed by atoms with E-state index in [0.29, 0.717) is 43.1 Å². The molecule has 0 atom stereocenters. The second kappa shape index (κ2) is 8.85. The van der Waals surface area contributed by atoms with Gasteiger partial charge in [-0.1, -0.05) is 0 Å². The molecule has 1 aromatic carbocycles. The van der Waals surface area contributed by atoms with Gasteiger partial charge < -0.3 is 24.7 Å². The highest BCUT2D eigenvalue weighted by molar-refractivity contribution is 5.94. The summed E-state index contributed by atoms with van der Waals surface area (Å²) < 4.78 is 19.7. The number of amides is 1. The Bertz CT molecular complexity index is 989. The van der Waals surface area contributed by atoms with Crippen molar-refractivity contribution in [2.75, 3.05) is 37.7 Å². The molecule has 10 heteroatoms. The molecule has 1 fully saturated rings. The lowest BCUT2D eigenvalue weighted by atomic mass is 10.1. The summed E-state index contributed by atoms with van der Waals surface area (Å²) in [6.07, 6.45) is 0. The van der Waals surface area contributed by atoms with E-state index < -0.39 is 16.6 Å². The molecule has 0 N–H and O–H groups in total. The first-order valence-corrected chi connectivity index (χ1v) is 9.34. The molecule has 1 aliphatic heterocycles. The third-order valence-electron chi connectivity index (χ3n) is 4.83. The van der Waals surface area contributed by atoms with Gasteiger partial charge in [-0.3, -0.25) is 9.59 Å². The van der Waals surface area contributed by atoms with Crippen molar-refractivity contribution in [1.29, 1.82) is 0 Å². The van der Waals surface area contributed by atoms with E-state index in [1.807, 2.05) is 0 Å². The van der Waals surface area contributed by atoms with Gasteiger partial charge in [0.25, 0.3) is 5.91 Å². The maximum Gasteiger partial charge on any atom is 0.406 e. The van der Waals surface area contributed by atoms with Crippen LogP contribution in [-0.4, -0.2) is 59.3 Å². The average molecular weight is 416 g/mol. The second-order valence-corrected chi connectivity index (χ2v) is 6.91. The number of benzene rings is 1. The lowest BCUT2D eigenvalue weighted by molar-refractivity contribution is -0.390. The molecular weight excluding hydrogens is 395 g/mol. The van der Waals surface area contributed by atoms with E-state index in [4.69, 9.17) is 4.74 Å². The largest absolute Gasteiger partial charge is 0.476 e. The fourth-order valence-corrected chi connectivity index (χ4v) is 3.18. The number of pyridine rings is 1. The average Bonchev–Trinajstić information content (AvgIpc) is 2.72. The highest BCUT2D eigenvalue weighted by Crippen LogP contribution is 2.25. The molecule has 0 unspecified atom stereocenters. The third-order valence-corrected chi connectivity index (χ3v) is 4.83. The van der Waals surface area contributed by atoms with Crippen LogP contribution in [0.4, 0.5) is 15.9 Å². The minimum absolute atomic E-state index is 0.0646. The Labute approximate surface area is 172 Å². The summed E-state index contributed by atoms with van der Waals surface area (Å²) in [6, 6.07) is 7.34. The minimum Gasteiger partial charge on any atom is -0.476 e. The molecule has 0 aliphatic carbocycles. The van der Waals surface area contributed by atoms with Crippen LogP contribution in [-0.2, 0) is 4.79 Å². The normalized spacial score (nSPS) is 13.8. The van der Waals surface area contributed by atoms with Gasteiger partial charge in [0.05, 0.1) is 5.69 Å². The van der Waals surface area contributed by atoms with Gasteiger partial charge in [-0.05, 0) is 47.2 Å². The standard InChI is InChI=1S/C20H21FN4O5/c1-13-3-6-18(20(22-13)25(28)29)30-12-19(27)24-9-7-23(8-10-24)17-5-4-15(14(2)26)11-16(17)21/h3-6,11H,7-10,12H2,1-2H3. The first kappa shape index (κ1) is 21.2. The van der Waals surface area contributed by atoms with Crippen molar-refractivity contribution in [3.63, 3.8) is 0 Å². The lowest BCUT2D eigenvalue weighted by Crippen LogP contribution is -2.50. The van der Waals surface area contributed by atoms with Crippen molar-refractivity contribution >= 4 is 23.2 Å². The number of aromatic nitrogens is 1. The highest BCUT2D eigenvalue weighted by atomic mass is 19.1.